The second-order valence-electron chi connectivity index (χ2n) is 6.65. The van der Waals surface area contributed by atoms with Crippen LogP contribution in [0.25, 0.3) is 0 Å². The summed E-state index contributed by atoms with van der Waals surface area (Å²) in [6, 6.07) is 10.5. The van der Waals surface area contributed by atoms with Gasteiger partial charge in [0.2, 0.25) is 0 Å². The fourth-order valence-corrected chi connectivity index (χ4v) is 2.31. The van der Waals surface area contributed by atoms with Crippen molar-refractivity contribution in [3.05, 3.63) is 71.3 Å². The van der Waals surface area contributed by atoms with Crippen LogP contribution < -0.4 is 0 Å². The minimum Gasteiger partial charge on any atom is -0.365 e. The fraction of sp³-hybridized carbons (Fsp3) is 0.455. The molecule has 0 fully saturated rings. The second kappa shape index (κ2) is 10.3. The Hall–Kier alpha value is -1.64. The highest BCUT2D eigenvalue weighted by Crippen LogP contribution is 2.33. The Morgan fingerprint density at radius 3 is 2.29 bits per heavy atom. The summed E-state index contributed by atoms with van der Waals surface area (Å²) in [6.45, 7) is 10.2. The number of allylic oxidation sites excluding steroid dienone is 5. The summed E-state index contributed by atoms with van der Waals surface area (Å²) < 4.78 is 6.33. The summed E-state index contributed by atoms with van der Waals surface area (Å²) >= 11 is 0. The Balaban J connectivity index is 2.99. The number of hydrogen-bond donors (Lipinski definition) is 0. The fourth-order valence-electron chi connectivity index (χ4n) is 2.31. The standard InChI is InChI=1S/C22H33NO/c1-7-19(2)13-11-12-14-20(3)22(4,24-18-17-23(5)6)21-15-9-8-10-16-21/h8-16H,7,17-18H2,1-6H3/b12-11-,19-13+,20-14+. The number of ether oxygens (including phenoxy) is 1. The summed E-state index contributed by atoms with van der Waals surface area (Å²) in [4.78, 5) is 2.14. The van der Waals surface area contributed by atoms with Crippen molar-refractivity contribution in [2.75, 3.05) is 27.2 Å². The molecule has 0 N–H and O–H groups in total. The van der Waals surface area contributed by atoms with Crippen LogP contribution in [0.4, 0.5) is 0 Å². The van der Waals surface area contributed by atoms with Crippen LogP contribution in [0.15, 0.2) is 65.8 Å². The summed E-state index contributed by atoms with van der Waals surface area (Å²) in [5.74, 6) is 0. The molecule has 1 unspecified atom stereocenters. The van der Waals surface area contributed by atoms with Crippen molar-refractivity contribution in [1.82, 2.24) is 4.90 Å². The van der Waals surface area contributed by atoms with Gasteiger partial charge in [-0.1, -0.05) is 67.1 Å². The largest absolute Gasteiger partial charge is 0.365 e. The minimum absolute atomic E-state index is 0.412. The van der Waals surface area contributed by atoms with Crippen molar-refractivity contribution in [3.63, 3.8) is 0 Å². The first-order valence-electron chi connectivity index (χ1n) is 8.75. The van der Waals surface area contributed by atoms with Crippen LogP contribution in [0, 0.1) is 0 Å². The van der Waals surface area contributed by atoms with Crippen LogP contribution in [-0.2, 0) is 10.3 Å². The Labute approximate surface area is 148 Å². The molecule has 0 aromatic heterocycles. The number of rotatable bonds is 9. The molecule has 2 nitrogen and oxygen atoms in total. The summed E-state index contributed by atoms with van der Waals surface area (Å²) in [5, 5.41) is 0. The molecule has 0 aliphatic rings. The van der Waals surface area contributed by atoms with Crippen LogP contribution >= 0.6 is 0 Å². The van der Waals surface area contributed by atoms with Gasteiger partial charge in [-0.15, -0.1) is 0 Å². The third-order valence-corrected chi connectivity index (χ3v) is 4.40. The first kappa shape index (κ1) is 20.4. The molecule has 0 saturated heterocycles. The van der Waals surface area contributed by atoms with E-state index in [4.69, 9.17) is 4.74 Å². The molecule has 0 aliphatic carbocycles. The molecule has 1 aromatic rings. The van der Waals surface area contributed by atoms with E-state index in [0.717, 1.165) is 13.0 Å². The van der Waals surface area contributed by atoms with Gasteiger partial charge < -0.3 is 9.64 Å². The van der Waals surface area contributed by atoms with Gasteiger partial charge in [0, 0.05) is 6.54 Å². The van der Waals surface area contributed by atoms with Gasteiger partial charge in [-0.3, -0.25) is 0 Å². The van der Waals surface area contributed by atoms with Crippen LogP contribution in [0.2, 0.25) is 0 Å². The highest BCUT2D eigenvalue weighted by atomic mass is 16.5. The van der Waals surface area contributed by atoms with Crippen molar-refractivity contribution in [2.24, 2.45) is 0 Å². The van der Waals surface area contributed by atoms with E-state index in [-0.39, 0.29) is 0 Å². The molecule has 1 rings (SSSR count). The molecule has 0 saturated carbocycles. The maximum absolute atomic E-state index is 6.33. The zero-order valence-electron chi connectivity index (χ0n) is 16.2. The molecule has 0 heterocycles. The number of likely N-dealkylation sites (N-methyl/N-ethyl adjacent to an activating group) is 1. The summed E-state index contributed by atoms with van der Waals surface area (Å²) in [5.41, 5.74) is 3.35. The topological polar surface area (TPSA) is 12.5 Å². The molecule has 0 amide bonds. The zero-order chi connectivity index (χ0) is 18.0. The highest BCUT2D eigenvalue weighted by molar-refractivity contribution is 5.33. The summed E-state index contributed by atoms with van der Waals surface area (Å²) in [6.07, 6.45) is 9.61. The van der Waals surface area contributed by atoms with E-state index < -0.39 is 5.60 Å². The first-order valence-corrected chi connectivity index (χ1v) is 8.75. The lowest BCUT2D eigenvalue weighted by atomic mass is 9.88. The van der Waals surface area contributed by atoms with E-state index in [1.165, 1.54) is 16.7 Å². The normalized spacial score (nSPS) is 16.0. The molecular weight excluding hydrogens is 294 g/mol. The van der Waals surface area contributed by atoms with Crippen molar-refractivity contribution in [1.29, 1.82) is 0 Å². The van der Waals surface area contributed by atoms with Gasteiger partial charge in [0.05, 0.1) is 6.61 Å². The van der Waals surface area contributed by atoms with Crippen molar-refractivity contribution in [2.45, 2.75) is 39.7 Å². The zero-order valence-corrected chi connectivity index (χ0v) is 16.2. The lowest BCUT2D eigenvalue weighted by molar-refractivity contribution is -0.0131. The number of nitrogens with zero attached hydrogens (tertiary/aromatic N) is 1. The van der Waals surface area contributed by atoms with E-state index in [0.29, 0.717) is 6.61 Å². The lowest BCUT2D eigenvalue weighted by Gasteiger charge is -2.32. The first-order chi connectivity index (χ1) is 11.4. The van der Waals surface area contributed by atoms with Crippen LogP contribution in [0.3, 0.4) is 0 Å². The Kier molecular flexibility index (Phi) is 8.73. The van der Waals surface area contributed by atoms with Gasteiger partial charge in [-0.05, 0) is 52.4 Å². The monoisotopic (exact) mass is 327 g/mol. The van der Waals surface area contributed by atoms with Gasteiger partial charge in [0.15, 0.2) is 0 Å². The average Bonchev–Trinajstić information content (AvgIpc) is 2.58. The molecule has 1 atom stereocenters. The molecule has 0 bridgehead atoms. The predicted octanol–water partition coefficient (Wildman–Crippen LogP) is 5.34. The SMILES string of the molecule is CC/C(C)=C/C=C\C=C(/C)C(C)(OCCN(C)C)c1ccccc1. The van der Waals surface area contributed by atoms with E-state index in [1.54, 1.807) is 0 Å². The van der Waals surface area contributed by atoms with E-state index in [1.807, 2.05) is 6.07 Å². The molecule has 0 radical (unpaired) electrons. The maximum Gasteiger partial charge on any atom is 0.111 e. The van der Waals surface area contributed by atoms with Gasteiger partial charge >= 0.3 is 0 Å². The second-order valence-corrected chi connectivity index (χ2v) is 6.65. The van der Waals surface area contributed by atoms with Gasteiger partial charge in [-0.25, -0.2) is 0 Å². The quantitative estimate of drug-likeness (QED) is 0.568. The Bertz CT molecular complexity index is 569. The van der Waals surface area contributed by atoms with E-state index in [9.17, 15) is 0 Å². The highest BCUT2D eigenvalue weighted by Gasteiger charge is 2.29. The number of hydrogen-bond acceptors (Lipinski definition) is 2. The van der Waals surface area contributed by atoms with Crippen LogP contribution in [-0.4, -0.2) is 32.1 Å². The maximum atomic E-state index is 6.33. The van der Waals surface area contributed by atoms with E-state index >= 15 is 0 Å². The molecule has 0 spiro atoms. The molecule has 0 aliphatic heterocycles. The minimum atomic E-state index is -0.412. The van der Waals surface area contributed by atoms with Crippen molar-refractivity contribution in [3.8, 4) is 0 Å². The van der Waals surface area contributed by atoms with E-state index in [2.05, 4.69) is 95.3 Å². The third-order valence-electron chi connectivity index (χ3n) is 4.40. The Morgan fingerprint density at radius 2 is 1.71 bits per heavy atom. The third kappa shape index (κ3) is 6.46. The Morgan fingerprint density at radius 1 is 1.08 bits per heavy atom. The molecule has 24 heavy (non-hydrogen) atoms. The van der Waals surface area contributed by atoms with Gasteiger partial charge in [0.1, 0.15) is 5.60 Å². The van der Waals surface area contributed by atoms with Gasteiger partial charge in [-0.2, -0.15) is 0 Å². The average molecular weight is 328 g/mol. The molecule has 132 valence electrons. The van der Waals surface area contributed by atoms with Crippen LogP contribution in [0.5, 0.6) is 0 Å². The summed E-state index contributed by atoms with van der Waals surface area (Å²) in [7, 11) is 4.13. The lowest BCUT2D eigenvalue weighted by Crippen LogP contribution is -2.31. The smallest absolute Gasteiger partial charge is 0.111 e. The molecular formula is C22H33NO. The molecule has 1 aromatic carbocycles. The van der Waals surface area contributed by atoms with Gasteiger partial charge in [0.25, 0.3) is 0 Å². The van der Waals surface area contributed by atoms with Crippen molar-refractivity contribution >= 4 is 0 Å². The van der Waals surface area contributed by atoms with Crippen LogP contribution in [0.1, 0.15) is 39.7 Å². The molecule has 2 heteroatoms. The number of benzene rings is 1. The van der Waals surface area contributed by atoms with Crippen molar-refractivity contribution < 1.29 is 4.74 Å². The predicted molar refractivity (Wildman–Crippen MR) is 105 cm³/mol.